The molecular weight excluding hydrogens is 252 g/mol. The molecule has 1 aliphatic carbocycles. The molecule has 0 heterocycles. The van der Waals surface area contributed by atoms with Crippen LogP contribution in [0.3, 0.4) is 0 Å². The van der Waals surface area contributed by atoms with Gasteiger partial charge in [0, 0.05) is 19.1 Å². The molecule has 5 heteroatoms. The second-order valence-corrected chi connectivity index (χ2v) is 6.72. The second kappa shape index (κ2) is 4.65. The summed E-state index contributed by atoms with van der Waals surface area (Å²) in [5.41, 5.74) is 0.851. The van der Waals surface area contributed by atoms with Gasteiger partial charge in [0.05, 0.1) is 11.3 Å². The van der Waals surface area contributed by atoms with E-state index in [4.69, 9.17) is 0 Å². The first-order valence-corrected chi connectivity index (χ1v) is 7.59. The molecule has 0 bridgehead atoms. The quantitative estimate of drug-likeness (QED) is 0.761. The molecule has 2 rings (SSSR count). The number of carbonyl (C=O) groups excluding carboxylic acids is 2. The van der Waals surface area contributed by atoms with E-state index in [1.807, 2.05) is 0 Å². The molecule has 1 aromatic rings. The normalized spacial score (nSPS) is 18.1. The van der Waals surface area contributed by atoms with E-state index < -0.39 is 9.84 Å². The van der Waals surface area contributed by atoms with Crippen LogP contribution in [0, 0.1) is 0 Å². The second-order valence-electron chi connectivity index (χ2n) is 4.70. The molecule has 0 aliphatic heterocycles. The molecule has 0 aromatic heterocycles. The van der Waals surface area contributed by atoms with Gasteiger partial charge in [-0.25, -0.2) is 8.42 Å². The Morgan fingerprint density at radius 2 is 1.50 bits per heavy atom. The van der Waals surface area contributed by atoms with Crippen LogP contribution in [0.5, 0.6) is 0 Å². The number of hydrogen-bond acceptors (Lipinski definition) is 4. The Bertz CT molecular complexity index is 568. The van der Waals surface area contributed by atoms with Crippen molar-refractivity contribution in [1.82, 2.24) is 0 Å². The Morgan fingerprint density at radius 1 is 1.00 bits per heavy atom. The van der Waals surface area contributed by atoms with Crippen LogP contribution in [-0.4, -0.2) is 26.2 Å². The third-order valence-corrected chi connectivity index (χ3v) is 4.25. The Hall–Kier alpha value is -1.49. The SMILES string of the molecule is CS(=O)(=O)c1ccc(C2CC(=O)CC(=O)C2)cc1. The highest BCUT2D eigenvalue weighted by Crippen LogP contribution is 2.29. The van der Waals surface area contributed by atoms with Gasteiger partial charge < -0.3 is 0 Å². The minimum absolute atomic E-state index is 0.0385. The summed E-state index contributed by atoms with van der Waals surface area (Å²) in [6, 6.07) is 6.42. The van der Waals surface area contributed by atoms with Crippen molar-refractivity contribution in [2.24, 2.45) is 0 Å². The zero-order valence-corrected chi connectivity index (χ0v) is 10.9. The number of benzene rings is 1. The van der Waals surface area contributed by atoms with Crippen LogP contribution in [0.15, 0.2) is 29.2 Å². The summed E-state index contributed by atoms with van der Waals surface area (Å²) < 4.78 is 22.6. The molecule has 0 saturated heterocycles. The zero-order chi connectivity index (χ0) is 13.3. The molecule has 0 spiro atoms. The Balaban J connectivity index is 2.24. The van der Waals surface area contributed by atoms with Crippen LogP contribution < -0.4 is 0 Å². The number of Topliss-reactive ketones (excluding diaryl/α,β-unsaturated/α-hetero) is 2. The van der Waals surface area contributed by atoms with Crippen LogP contribution in [0.4, 0.5) is 0 Å². The standard InChI is InChI=1S/C13H14O4S/c1-18(16,17)13-4-2-9(3-5-13)10-6-11(14)8-12(15)7-10/h2-5,10H,6-8H2,1H3. The number of hydrogen-bond donors (Lipinski definition) is 0. The van der Waals surface area contributed by atoms with Crippen molar-refractivity contribution < 1.29 is 18.0 Å². The molecule has 18 heavy (non-hydrogen) atoms. The lowest BCUT2D eigenvalue weighted by Gasteiger charge is -2.20. The van der Waals surface area contributed by atoms with Gasteiger partial charge in [-0.05, 0) is 23.6 Å². The molecule has 0 amide bonds. The Labute approximate surface area is 106 Å². The topological polar surface area (TPSA) is 68.3 Å². The summed E-state index contributed by atoms with van der Waals surface area (Å²) in [6.45, 7) is 0. The fraction of sp³-hybridized carbons (Fsp3) is 0.385. The molecule has 0 N–H and O–H groups in total. The van der Waals surface area contributed by atoms with E-state index in [0.29, 0.717) is 12.8 Å². The Kier molecular flexibility index (Phi) is 3.34. The maximum atomic E-state index is 11.4. The lowest BCUT2D eigenvalue weighted by atomic mass is 9.83. The largest absolute Gasteiger partial charge is 0.299 e. The minimum Gasteiger partial charge on any atom is -0.299 e. The summed E-state index contributed by atoms with van der Waals surface area (Å²) in [5, 5.41) is 0. The highest BCUT2D eigenvalue weighted by molar-refractivity contribution is 7.90. The van der Waals surface area contributed by atoms with Crippen LogP contribution in [0.25, 0.3) is 0 Å². The van der Waals surface area contributed by atoms with Crippen molar-refractivity contribution in [3.63, 3.8) is 0 Å². The van der Waals surface area contributed by atoms with Gasteiger partial charge in [0.15, 0.2) is 9.84 Å². The highest BCUT2D eigenvalue weighted by atomic mass is 32.2. The van der Waals surface area contributed by atoms with E-state index in [1.165, 1.54) is 12.1 Å². The van der Waals surface area contributed by atoms with E-state index in [1.54, 1.807) is 12.1 Å². The molecule has 4 nitrogen and oxygen atoms in total. The summed E-state index contributed by atoms with van der Waals surface area (Å²) in [7, 11) is -3.21. The van der Waals surface area contributed by atoms with Gasteiger partial charge in [0.2, 0.25) is 0 Å². The zero-order valence-electron chi connectivity index (χ0n) is 10.0. The number of carbonyl (C=O) groups is 2. The lowest BCUT2D eigenvalue weighted by Crippen LogP contribution is -2.21. The van der Waals surface area contributed by atoms with Gasteiger partial charge in [-0.3, -0.25) is 9.59 Å². The van der Waals surface area contributed by atoms with Gasteiger partial charge in [0.1, 0.15) is 11.6 Å². The van der Waals surface area contributed by atoms with Crippen molar-refractivity contribution in [1.29, 1.82) is 0 Å². The lowest BCUT2D eigenvalue weighted by molar-refractivity contribution is -0.130. The van der Waals surface area contributed by atoms with Gasteiger partial charge in [0.25, 0.3) is 0 Å². The summed E-state index contributed by atoms with van der Waals surface area (Å²) in [6.07, 6.45) is 1.92. The van der Waals surface area contributed by atoms with Crippen molar-refractivity contribution in [2.45, 2.75) is 30.1 Å². The van der Waals surface area contributed by atoms with E-state index in [-0.39, 0.29) is 28.8 Å². The summed E-state index contributed by atoms with van der Waals surface area (Å²) >= 11 is 0. The smallest absolute Gasteiger partial charge is 0.175 e. The summed E-state index contributed by atoms with van der Waals surface area (Å²) in [5.74, 6) is -0.181. The molecular formula is C13H14O4S. The van der Waals surface area contributed by atoms with Gasteiger partial charge in [-0.1, -0.05) is 12.1 Å². The maximum Gasteiger partial charge on any atom is 0.175 e. The van der Waals surface area contributed by atoms with Gasteiger partial charge in [-0.15, -0.1) is 0 Å². The van der Waals surface area contributed by atoms with Crippen molar-refractivity contribution >= 4 is 21.4 Å². The third kappa shape index (κ3) is 2.85. The number of sulfone groups is 1. The van der Waals surface area contributed by atoms with Crippen LogP contribution in [0.2, 0.25) is 0 Å². The predicted molar refractivity (Wildman–Crippen MR) is 66.2 cm³/mol. The molecule has 1 aromatic carbocycles. The predicted octanol–water partition coefficient (Wildman–Crippen LogP) is 1.50. The Morgan fingerprint density at radius 3 is 1.94 bits per heavy atom. The minimum atomic E-state index is -3.21. The van der Waals surface area contributed by atoms with E-state index >= 15 is 0 Å². The first-order chi connectivity index (χ1) is 8.36. The first kappa shape index (κ1) is 13.0. The van der Waals surface area contributed by atoms with Gasteiger partial charge in [-0.2, -0.15) is 0 Å². The highest BCUT2D eigenvalue weighted by Gasteiger charge is 2.26. The van der Waals surface area contributed by atoms with Crippen LogP contribution in [0.1, 0.15) is 30.7 Å². The maximum absolute atomic E-state index is 11.4. The van der Waals surface area contributed by atoms with E-state index in [0.717, 1.165) is 11.8 Å². The average molecular weight is 266 g/mol. The molecule has 1 aliphatic rings. The fourth-order valence-electron chi connectivity index (χ4n) is 2.21. The van der Waals surface area contributed by atoms with E-state index in [2.05, 4.69) is 0 Å². The van der Waals surface area contributed by atoms with Crippen molar-refractivity contribution in [2.75, 3.05) is 6.26 Å². The van der Waals surface area contributed by atoms with Crippen molar-refractivity contribution in [3.8, 4) is 0 Å². The van der Waals surface area contributed by atoms with Crippen LogP contribution >= 0.6 is 0 Å². The third-order valence-electron chi connectivity index (χ3n) is 3.12. The molecule has 0 radical (unpaired) electrons. The average Bonchev–Trinajstić information content (AvgIpc) is 2.27. The molecule has 1 fully saturated rings. The molecule has 1 saturated carbocycles. The monoisotopic (exact) mass is 266 g/mol. The molecule has 96 valence electrons. The van der Waals surface area contributed by atoms with Gasteiger partial charge >= 0.3 is 0 Å². The molecule has 0 atom stereocenters. The molecule has 0 unspecified atom stereocenters. The number of ketones is 2. The van der Waals surface area contributed by atoms with Crippen molar-refractivity contribution in [3.05, 3.63) is 29.8 Å². The van der Waals surface area contributed by atoms with Crippen LogP contribution in [-0.2, 0) is 19.4 Å². The fourth-order valence-corrected chi connectivity index (χ4v) is 2.84. The van der Waals surface area contributed by atoms with E-state index in [9.17, 15) is 18.0 Å². The summed E-state index contributed by atoms with van der Waals surface area (Å²) in [4.78, 5) is 23.0. The first-order valence-electron chi connectivity index (χ1n) is 5.69. The number of rotatable bonds is 2.